The van der Waals surface area contributed by atoms with Crippen LogP contribution in [0, 0.1) is 0 Å². The van der Waals surface area contributed by atoms with Crippen molar-refractivity contribution in [3.05, 3.63) is 89.4 Å². The van der Waals surface area contributed by atoms with E-state index in [1.54, 1.807) is 35.1 Å². The smallest absolute Gasteiger partial charge is 0.259 e. The average Bonchev–Trinajstić information content (AvgIpc) is 3.62. The average molecular weight is 493 g/mol. The maximum atomic E-state index is 13.2. The molecule has 174 valence electrons. The Hall–Kier alpha value is -3.27. The third kappa shape index (κ3) is 4.68. The molecular formula is C25H24N4O3S2. The molecule has 2 aromatic heterocycles. The van der Waals surface area contributed by atoms with Crippen LogP contribution in [0.2, 0.25) is 0 Å². The highest BCUT2D eigenvalue weighted by Crippen LogP contribution is 2.28. The first-order valence-electron chi connectivity index (χ1n) is 11.1. The van der Waals surface area contributed by atoms with E-state index in [1.165, 1.54) is 15.6 Å². The third-order valence-electron chi connectivity index (χ3n) is 5.76. The lowest BCUT2D eigenvalue weighted by molar-refractivity contribution is 0.102. The minimum atomic E-state index is -3.49. The van der Waals surface area contributed by atoms with Gasteiger partial charge in [0, 0.05) is 25.0 Å². The van der Waals surface area contributed by atoms with E-state index in [9.17, 15) is 13.2 Å². The Balaban J connectivity index is 1.37. The molecule has 1 saturated heterocycles. The topological polar surface area (TPSA) is 84.3 Å². The summed E-state index contributed by atoms with van der Waals surface area (Å²) >= 11 is 1.52. The second-order valence-electron chi connectivity index (χ2n) is 8.14. The number of anilines is 1. The van der Waals surface area contributed by atoms with Crippen LogP contribution in [0.1, 0.15) is 28.8 Å². The molecule has 1 aliphatic rings. The summed E-state index contributed by atoms with van der Waals surface area (Å²) in [6.45, 7) is 1.66. The highest BCUT2D eigenvalue weighted by molar-refractivity contribution is 7.89. The molecule has 0 spiro atoms. The number of hydrogen-bond acceptors (Lipinski definition) is 5. The van der Waals surface area contributed by atoms with Crippen LogP contribution < -0.4 is 5.32 Å². The lowest BCUT2D eigenvalue weighted by Gasteiger charge is -2.15. The van der Waals surface area contributed by atoms with Gasteiger partial charge in [0.05, 0.1) is 21.9 Å². The summed E-state index contributed by atoms with van der Waals surface area (Å²) in [6.07, 6.45) is 3.53. The van der Waals surface area contributed by atoms with Crippen molar-refractivity contribution >= 4 is 33.0 Å². The van der Waals surface area contributed by atoms with E-state index in [1.807, 2.05) is 47.8 Å². The summed E-state index contributed by atoms with van der Waals surface area (Å²) < 4.78 is 28.8. The molecule has 34 heavy (non-hydrogen) atoms. The van der Waals surface area contributed by atoms with Gasteiger partial charge in [0.2, 0.25) is 10.0 Å². The van der Waals surface area contributed by atoms with Gasteiger partial charge in [-0.15, -0.1) is 11.3 Å². The second kappa shape index (κ2) is 9.54. The summed E-state index contributed by atoms with van der Waals surface area (Å²) in [5, 5.41) is 9.52. The van der Waals surface area contributed by atoms with E-state index >= 15 is 0 Å². The van der Waals surface area contributed by atoms with Crippen LogP contribution in [-0.2, 0) is 16.6 Å². The number of thiophene rings is 1. The van der Waals surface area contributed by atoms with Gasteiger partial charge >= 0.3 is 0 Å². The second-order valence-corrected chi connectivity index (χ2v) is 11.0. The molecule has 1 fully saturated rings. The van der Waals surface area contributed by atoms with E-state index in [4.69, 9.17) is 0 Å². The van der Waals surface area contributed by atoms with E-state index in [0.717, 1.165) is 23.3 Å². The van der Waals surface area contributed by atoms with E-state index in [-0.39, 0.29) is 10.8 Å². The number of amides is 1. The molecule has 3 heterocycles. The Morgan fingerprint density at radius 2 is 1.71 bits per heavy atom. The molecule has 2 aromatic carbocycles. The maximum Gasteiger partial charge on any atom is 0.259 e. The van der Waals surface area contributed by atoms with Crippen LogP contribution in [0.15, 0.2) is 83.2 Å². The standard InChI is InChI=1S/C25H24N4O3S2/c30-25(26-20-10-12-21(13-11-20)34(31,32)29-14-4-5-15-29)22-18-28(17-19-7-2-1-3-8-19)27-24(22)23-9-6-16-33-23/h1-3,6-13,16,18H,4-5,14-15,17H2,(H,26,30). The Labute approximate surface area is 202 Å². The fraction of sp³-hybridized carbons (Fsp3) is 0.200. The van der Waals surface area contributed by atoms with E-state index < -0.39 is 10.0 Å². The molecule has 7 nitrogen and oxygen atoms in total. The zero-order chi connectivity index (χ0) is 23.5. The number of benzene rings is 2. The zero-order valence-corrected chi connectivity index (χ0v) is 20.1. The highest BCUT2D eigenvalue weighted by Gasteiger charge is 2.27. The predicted molar refractivity (Wildman–Crippen MR) is 133 cm³/mol. The van der Waals surface area contributed by atoms with Gasteiger partial charge in [0.1, 0.15) is 5.69 Å². The Morgan fingerprint density at radius 1 is 0.971 bits per heavy atom. The van der Waals surface area contributed by atoms with E-state index in [0.29, 0.717) is 36.6 Å². The van der Waals surface area contributed by atoms with Crippen LogP contribution in [0.3, 0.4) is 0 Å². The normalized spacial score (nSPS) is 14.4. The Bertz CT molecular complexity index is 1370. The molecule has 9 heteroatoms. The molecule has 1 amide bonds. The molecule has 1 aliphatic heterocycles. The molecule has 4 aromatic rings. The SMILES string of the molecule is O=C(Nc1ccc(S(=O)(=O)N2CCCC2)cc1)c1cn(Cc2ccccc2)nc1-c1cccs1. The first-order valence-corrected chi connectivity index (χ1v) is 13.4. The number of carbonyl (C=O) groups is 1. The number of hydrogen-bond donors (Lipinski definition) is 1. The van der Waals surface area contributed by atoms with Crippen molar-refractivity contribution in [2.24, 2.45) is 0 Å². The molecular weight excluding hydrogens is 468 g/mol. The summed E-state index contributed by atoms with van der Waals surface area (Å²) in [4.78, 5) is 14.3. The largest absolute Gasteiger partial charge is 0.322 e. The monoisotopic (exact) mass is 492 g/mol. The fourth-order valence-corrected chi connectivity index (χ4v) is 6.26. The minimum Gasteiger partial charge on any atom is -0.322 e. The number of carbonyl (C=O) groups excluding carboxylic acids is 1. The zero-order valence-electron chi connectivity index (χ0n) is 18.4. The molecule has 0 atom stereocenters. The Kier molecular flexibility index (Phi) is 6.32. The molecule has 0 bridgehead atoms. The van der Waals surface area contributed by atoms with Gasteiger partial charge < -0.3 is 5.32 Å². The third-order valence-corrected chi connectivity index (χ3v) is 8.55. The van der Waals surface area contributed by atoms with Gasteiger partial charge in [-0.25, -0.2) is 8.42 Å². The van der Waals surface area contributed by atoms with Gasteiger partial charge in [-0.2, -0.15) is 9.40 Å². The lowest BCUT2D eigenvalue weighted by atomic mass is 10.2. The maximum absolute atomic E-state index is 13.2. The molecule has 0 aliphatic carbocycles. The lowest BCUT2D eigenvalue weighted by Crippen LogP contribution is -2.27. The Morgan fingerprint density at radius 3 is 2.38 bits per heavy atom. The van der Waals surface area contributed by atoms with Crippen molar-refractivity contribution < 1.29 is 13.2 Å². The summed E-state index contributed by atoms with van der Waals surface area (Å²) in [5.41, 5.74) is 2.70. The van der Waals surface area contributed by atoms with Crippen LogP contribution in [0.4, 0.5) is 5.69 Å². The highest BCUT2D eigenvalue weighted by atomic mass is 32.2. The first-order chi connectivity index (χ1) is 16.5. The number of sulfonamides is 1. The molecule has 0 radical (unpaired) electrons. The van der Waals surface area contributed by atoms with Gasteiger partial charge in [0.25, 0.3) is 5.91 Å². The van der Waals surface area contributed by atoms with Crippen LogP contribution in [0.25, 0.3) is 10.6 Å². The van der Waals surface area contributed by atoms with Crippen molar-refractivity contribution in [2.75, 3.05) is 18.4 Å². The number of rotatable bonds is 7. The number of aromatic nitrogens is 2. The molecule has 0 unspecified atom stereocenters. The molecule has 0 saturated carbocycles. The summed E-state index contributed by atoms with van der Waals surface area (Å²) in [5.74, 6) is -0.294. The summed E-state index contributed by atoms with van der Waals surface area (Å²) in [7, 11) is -3.49. The van der Waals surface area contributed by atoms with Gasteiger partial charge in [-0.3, -0.25) is 9.48 Å². The van der Waals surface area contributed by atoms with Crippen molar-refractivity contribution in [1.29, 1.82) is 0 Å². The fourth-order valence-electron chi connectivity index (χ4n) is 4.02. The minimum absolute atomic E-state index is 0.238. The van der Waals surface area contributed by atoms with Crippen LogP contribution in [0.5, 0.6) is 0 Å². The molecule has 1 N–H and O–H groups in total. The van der Waals surface area contributed by atoms with Crippen molar-refractivity contribution in [2.45, 2.75) is 24.3 Å². The van der Waals surface area contributed by atoms with E-state index in [2.05, 4.69) is 10.4 Å². The van der Waals surface area contributed by atoms with Crippen molar-refractivity contribution in [1.82, 2.24) is 14.1 Å². The molecule has 5 rings (SSSR count). The summed E-state index contributed by atoms with van der Waals surface area (Å²) in [6, 6.07) is 20.1. The van der Waals surface area contributed by atoms with Gasteiger partial charge in [-0.05, 0) is 54.1 Å². The van der Waals surface area contributed by atoms with Gasteiger partial charge in [0.15, 0.2) is 0 Å². The van der Waals surface area contributed by atoms with Crippen molar-refractivity contribution in [3.63, 3.8) is 0 Å². The van der Waals surface area contributed by atoms with Gasteiger partial charge in [-0.1, -0.05) is 36.4 Å². The quantitative estimate of drug-likeness (QED) is 0.405. The van der Waals surface area contributed by atoms with Crippen LogP contribution >= 0.6 is 11.3 Å². The number of nitrogens with one attached hydrogen (secondary N) is 1. The van der Waals surface area contributed by atoms with Crippen molar-refractivity contribution in [3.8, 4) is 10.6 Å². The predicted octanol–water partition coefficient (Wildman–Crippen LogP) is 4.70. The number of nitrogens with zero attached hydrogens (tertiary/aromatic N) is 3. The van der Waals surface area contributed by atoms with Crippen LogP contribution in [-0.4, -0.2) is 41.5 Å². The first kappa shape index (κ1) is 22.5.